The number of pyridine rings is 1. The van der Waals surface area contributed by atoms with E-state index in [9.17, 15) is 4.79 Å². The van der Waals surface area contributed by atoms with Gasteiger partial charge in [-0.2, -0.15) is 4.98 Å². The number of hydrogen-bond donors (Lipinski definition) is 0. The van der Waals surface area contributed by atoms with E-state index in [2.05, 4.69) is 21.4 Å². The van der Waals surface area contributed by atoms with Crippen LogP contribution in [0, 0.1) is 0 Å². The van der Waals surface area contributed by atoms with E-state index in [1.165, 1.54) is 11.3 Å². The molecule has 30 heavy (non-hydrogen) atoms. The monoisotopic (exact) mass is 420 g/mol. The number of rotatable bonds is 4. The second kappa shape index (κ2) is 7.46. The molecule has 1 amide bonds. The third kappa shape index (κ3) is 3.61. The summed E-state index contributed by atoms with van der Waals surface area (Å²) in [6.45, 7) is 8.33. The maximum Gasteiger partial charge on any atom is 0.281 e. The number of carbonyl (C=O) groups excluding carboxylic acids is 1. The van der Waals surface area contributed by atoms with Crippen molar-refractivity contribution in [1.29, 1.82) is 0 Å². The van der Waals surface area contributed by atoms with Crippen LogP contribution in [0.2, 0.25) is 0 Å². The zero-order valence-electron chi connectivity index (χ0n) is 16.5. The first-order chi connectivity index (χ1) is 14.5. The van der Waals surface area contributed by atoms with Gasteiger partial charge in [0.2, 0.25) is 5.91 Å². The molecule has 0 bridgehead atoms. The second-order valence-electron chi connectivity index (χ2n) is 7.25. The van der Waals surface area contributed by atoms with Crippen LogP contribution in [0.5, 0.6) is 10.9 Å². The van der Waals surface area contributed by atoms with Gasteiger partial charge in [0, 0.05) is 43.4 Å². The minimum Gasteiger partial charge on any atom is -0.459 e. The molecule has 4 heterocycles. The molecule has 3 aromatic heterocycles. The first-order valence-electron chi connectivity index (χ1n) is 9.65. The van der Waals surface area contributed by atoms with E-state index in [4.69, 9.17) is 9.15 Å². The van der Waals surface area contributed by atoms with Crippen molar-refractivity contribution in [2.45, 2.75) is 13.5 Å². The SMILES string of the molecule is C=C1CN(C(C)=O)CCN1Cc1cc2ccc(Oc3nc4ncccc4s3)cc2o1. The third-order valence-electron chi connectivity index (χ3n) is 5.15. The van der Waals surface area contributed by atoms with E-state index in [0.717, 1.165) is 33.7 Å². The summed E-state index contributed by atoms with van der Waals surface area (Å²) < 4.78 is 13.0. The smallest absolute Gasteiger partial charge is 0.281 e. The quantitative estimate of drug-likeness (QED) is 0.487. The van der Waals surface area contributed by atoms with Crippen LogP contribution in [0.15, 0.2) is 59.3 Å². The molecular formula is C22H20N4O3S. The van der Waals surface area contributed by atoms with Gasteiger partial charge in [0.1, 0.15) is 17.1 Å². The van der Waals surface area contributed by atoms with Gasteiger partial charge in [-0.05, 0) is 30.3 Å². The number of aromatic nitrogens is 2. The van der Waals surface area contributed by atoms with E-state index in [0.29, 0.717) is 36.2 Å². The van der Waals surface area contributed by atoms with Crippen LogP contribution in [-0.2, 0) is 11.3 Å². The predicted molar refractivity (Wildman–Crippen MR) is 116 cm³/mol. The van der Waals surface area contributed by atoms with Crippen molar-refractivity contribution in [1.82, 2.24) is 19.8 Å². The van der Waals surface area contributed by atoms with Crippen LogP contribution >= 0.6 is 11.3 Å². The fourth-order valence-electron chi connectivity index (χ4n) is 3.55. The lowest BCUT2D eigenvalue weighted by Gasteiger charge is -2.36. The molecule has 0 atom stereocenters. The maximum atomic E-state index is 11.6. The topological polar surface area (TPSA) is 71.7 Å². The van der Waals surface area contributed by atoms with Crippen molar-refractivity contribution in [2.75, 3.05) is 19.6 Å². The lowest BCUT2D eigenvalue weighted by molar-refractivity contribution is -0.129. The van der Waals surface area contributed by atoms with Crippen LogP contribution in [0.25, 0.3) is 21.3 Å². The number of ether oxygens (including phenoxy) is 1. The average Bonchev–Trinajstić information content (AvgIpc) is 3.31. The van der Waals surface area contributed by atoms with Gasteiger partial charge in [0.15, 0.2) is 5.65 Å². The third-order valence-corrected chi connectivity index (χ3v) is 6.03. The first kappa shape index (κ1) is 18.6. The molecule has 0 unspecified atom stereocenters. The molecule has 152 valence electrons. The molecule has 1 saturated heterocycles. The number of furan rings is 1. The summed E-state index contributed by atoms with van der Waals surface area (Å²) in [6.07, 6.45) is 1.72. The molecule has 4 aromatic rings. The van der Waals surface area contributed by atoms with E-state index in [-0.39, 0.29) is 5.91 Å². The lowest BCUT2D eigenvalue weighted by Crippen LogP contribution is -2.45. The summed E-state index contributed by atoms with van der Waals surface area (Å²) in [5.74, 6) is 1.60. The summed E-state index contributed by atoms with van der Waals surface area (Å²) >= 11 is 1.46. The highest BCUT2D eigenvalue weighted by Gasteiger charge is 2.22. The molecule has 5 rings (SSSR count). The maximum absolute atomic E-state index is 11.6. The van der Waals surface area contributed by atoms with Crippen molar-refractivity contribution in [2.24, 2.45) is 0 Å². The summed E-state index contributed by atoms with van der Waals surface area (Å²) in [4.78, 5) is 24.2. The highest BCUT2D eigenvalue weighted by Crippen LogP contribution is 2.32. The Morgan fingerprint density at radius 1 is 1.30 bits per heavy atom. The second-order valence-corrected chi connectivity index (χ2v) is 8.24. The highest BCUT2D eigenvalue weighted by molar-refractivity contribution is 7.20. The summed E-state index contributed by atoms with van der Waals surface area (Å²) in [6, 6.07) is 11.7. The van der Waals surface area contributed by atoms with Gasteiger partial charge in [-0.3, -0.25) is 4.79 Å². The number of thiazole rings is 1. The molecule has 0 aliphatic carbocycles. The average molecular weight is 420 g/mol. The Morgan fingerprint density at radius 3 is 3.00 bits per heavy atom. The lowest BCUT2D eigenvalue weighted by atomic mass is 10.2. The highest BCUT2D eigenvalue weighted by atomic mass is 32.1. The Labute approximate surface area is 177 Å². The van der Waals surface area contributed by atoms with Gasteiger partial charge in [-0.15, -0.1) is 0 Å². The Balaban J connectivity index is 1.31. The normalized spacial score (nSPS) is 14.6. The van der Waals surface area contributed by atoms with E-state index in [1.54, 1.807) is 18.0 Å². The molecule has 8 heteroatoms. The molecule has 0 saturated carbocycles. The Morgan fingerprint density at radius 2 is 2.20 bits per heavy atom. The van der Waals surface area contributed by atoms with Crippen LogP contribution in [-0.4, -0.2) is 45.3 Å². The van der Waals surface area contributed by atoms with Crippen molar-refractivity contribution in [3.63, 3.8) is 0 Å². The largest absolute Gasteiger partial charge is 0.459 e. The number of amides is 1. The fourth-order valence-corrected chi connectivity index (χ4v) is 4.34. The van der Waals surface area contributed by atoms with Crippen LogP contribution in [0.4, 0.5) is 0 Å². The Hall–Kier alpha value is -3.39. The molecule has 0 spiro atoms. The van der Waals surface area contributed by atoms with E-state index >= 15 is 0 Å². The van der Waals surface area contributed by atoms with Gasteiger partial charge in [-0.1, -0.05) is 17.9 Å². The van der Waals surface area contributed by atoms with Gasteiger partial charge in [0.25, 0.3) is 5.19 Å². The molecule has 0 N–H and O–H groups in total. The van der Waals surface area contributed by atoms with E-state index in [1.807, 2.05) is 36.4 Å². The predicted octanol–water partition coefficient (Wildman–Crippen LogP) is 4.41. The van der Waals surface area contributed by atoms with Crippen molar-refractivity contribution < 1.29 is 13.9 Å². The summed E-state index contributed by atoms with van der Waals surface area (Å²) in [5, 5.41) is 1.56. The number of benzene rings is 1. The zero-order valence-corrected chi connectivity index (χ0v) is 17.3. The fraction of sp³-hybridized carbons (Fsp3) is 0.227. The molecule has 1 aliphatic heterocycles. The minimum absolute atomic E-state index is 0.0796. The van der Waals surface area contributed by atoms with Gasteiger partial charge >= 0.3 is 0 Å². The number of carbonyl (C=O) groups is 1. The van der Waals surface area contributed by atoms with Crippen LogP contribution in [0.1, 0.15) is 12.7 Å². The molecule has 1 aromatic carbocycles. The number of fused-ring (bicyclic) bond motifs is 2. The first-order valence-corrected chi connectivity index (χ1v) is 10.5. The van der Waals surface area contributed by atoms with Crippen LogP contribution < -0.4 is 4.74 Å². The minimum atomic E-state index is 0.0796. The van der Waals surface area contributed by atoms with Crippen molar-refractivity contribution in [3.8, 4) is 10.9 Å². The molecule has 1 aliphatic rings. The Bertz CT molecular complexity index is 1230. The standard InChI is InChI=1S/C22H20N4O3S/c1-14-12-26(15(2)27)9-8-25(14)13-18-10-16-5-6-17(11-19(16)28-18)29-22-24-21-20(30-22)4-3-7-23-21/h3-7,10-11H,1,8-9,12-13H2,2H3. The number of hydrogen-bond acceptors (Lipinski definition) is 7. The van der Waals surface area contributed by atoms with Crippen molar-refractivity contribution in [3.05, 3.63) is 60.6 Å². The number of piperazine rings is 1. The van der Waals surface area contributed by atoms with Gasteiger partial charge in [0.05, 0.1) is 17.8 Å². The van der Waals surface area contributed by atoms with Gasteiger partial charge in [-0.25, -0.2) is 4.98 Å². The summed E-state index contributed by atoms with van der Waals surface area (Å²) in [7, 11) is 0. The van der Waals surface area contributed by atoms with Crippen molar-refractivity contribution >= 4 is 38.6 Å². The number of nitrogens with zero attached hydrogens (tertiary/aromatic N) is 4. The van der Waals surface area contributed by atoms with Gasteiger partial charge < -0.3 is 19.0 Å². The molecule has 0 radical (unpaired) electrons. The molecule has 7 nitrogen and oxygen atoms in total. The molecule has 1 fully saturated rings. The van der Waals surface area contributed by atoms with E-state index < -0.39 is 0 Å². The van der Waals surface area contributed by atoms with Crippen LogP contribution in [0.3, 0.4) is 0 Å². The Kier molecular flexibility index (Phi) is 4.63. The molecular weight excluding hydrogens is 400 g/mol. The zero-order chi connectivity index (χ0) is 20.7. The summed E-state index contributed by atoms with van der Waals surface area (Å²) in [5.41, 5.74) is 2.36.